The molecule has 0 unspecified atom stereocenters. The zero-order chi connectivity index (χ0) is 13.2. The zero-order valence-electron chi connectivity index (χ0n) is 10.5. The molecule has 1 heterocycles. The molecule has 1 aromatic rings. The summed E-state index contributed by atoms with van der Waals surface area (Å²) in [5, 5.41) is 2.73. The van der Waals surface area contributed by atoms with E-state index in [1.54, 1.807) is 13.8 Å². The number of hydrogen-bond donors (Lipinski definition) is 1. The number of anilines is 1. The first kappa shape index (κ1) is 13.0. The van der Waals surface area contributed by atoms with Gasteiger partial charge in [0, 0.05) is 18.3 Å². The molecule has 0 amide bonds. The monoisotopic (exact) mass is 271 g/mol. The molecule has 6 heteroatoms. The standard InChI is InChI=1S/C12H17NO4S/c1-9(2)18(14,15)6-5-13-10-3-4-11-12(7-10)17-8-16-11/h3-4,7,9,13H,5-6,8H2,1-2H3. The first-order chi connectivity index (χ1) is 8.49. The van der Waals surface area contributed by atoms with Gasteiger partial charge in [-0.3, -0.25) is 0 Å². The van der Waals surface area contributed by atoms with Gasteiger partial charge in [-0.2, -0.15) is 0 Å². The molecule has 5 nitrogen and oxygen atoms in total. The van der Waals surface area contributed by atoms with E-state index < -0.39 is 9.84 Å². The third-order valence-electron chi connectivity index (χ3n) is 2.81. The molecule has 0 fully saturated rings. The molecule has 0 atom stereocenters. The molecule has 1 aliphatic rings. The van der Waals surface area contributed by atoms with Gasteiger partial charge in [0.05, 0.1) is 11.0 Å². The third-order valence-corrected chi connectivity index (χ3v) is 5.02. The number of nitrogens with one attached hydrogen (secondary N) is 1. The number of rotatable bonds is 5. The maximum atomic E-state index is 11.6. The Morgan fingerprint density at radius 3 is 2.72 bits per heavy atom. The number of ether oxygens (including phenoxy) is 2. The van der Waals surface area contributed by atoms with Crippen molar-refractivity contribution in [1.82, 2.24) is 0 Å². The summed E-state index contributed by atoms with van der Waals surface area (Å²) in [6.45, 7) is 4.01. The topological polar surface area (TPSA) is 64.6 Å². The Morgan fingerprint density at radius 2 is 2.00 bits per heavy atom. The first-order valence-corrected chi connectivity index (χ1v) is 7.56. The van der Waals surface area contributed by atoms with Gasteiger partial charge in [-0.25, -0.2) is 8.42 Å². The van der Waals surface area contributed by atoms with Gasteiger partial charge >= 0.3 is 0 Å². The van der Waals surface area contributed by atoms with Crippen molar-refractivity contribution >= 4 is 15.5 Å². The largest absolute Gasteiger partial charge is 0.454 e. The Kier molecular flexibility index (Phi) is 3.65. The average molecular weight is 271 g/mol. The fourth-order valence-electron chi connectivity index (χ4n) is 1.58. The van der Waals surface area contributed by atoms with Crippen LogP contribution in [0.5, 0.6) is 11.5 Å². The minimum atomic E-state index is -3.00. The van der Waals surface area contributed by atoms with Gasteiger partial charge in [-0.1, -0.05) is 0 Å². The molecule has 1 aliphatic heterocycles. The summed E-state index contributed by atoms with van der Waals surface area (Å²) in [6.07, 6.45) is 0. The third kappa shape index (κ3) is 2.87. The highest BCUT2D eigenvalue weighted by atomic mass is 32.2. The maximum absolute atomic E-state index is 11.6. The Balaban J connectivity index is 1.92. The van der Waals surface area contributed by atoms with Crippen LogP contribution in [0.15, 0.2) is 18.2 Å². The highest BCUT2D eigenvalue weighted by molar-refractivity contribution is 7.92. The van der Waals surface area contributed by atoms with E-state index in [-0.39, 0.29) is 17.8 Å². The van der Waals surface area contributed by atoms with E-state index in [0.29, 0.717) is 12.3 Å². The van der Waals surface area contributed by atoms with Gasteiger partial charge in [0.2, 0.25) is 6.79 Å². The summed E-state index contributed by atoms with van der Waals surface area (Å²) in [4.78, 5) is 0. The molecule has 0 aromatic heterocycles. The second-order valence-corrected chi connectivity index (χ2v) is 7.09. The number of hydrogen-bond acceptors (Lipinski definition) is 5. The van der Waals surface area contributed by atoms with Crippen molar-refractivity contribution < 1.29 is 17.9 Å². The summed E-state index contributed by atoms with van der Waals surface area (Å²) in [5.74, 6) is 1.53. The number of sulfone groups is 1. The van der Waals surface area contributed by atoms with E-state index in [0.717, 1.165) is 11.4 Å². The molecular formula is C12H17NO4S. The SMILES string of the molecule is CC(C)S(=O)(=O)CCNc1ccc2c(c1)OCO2. The fourth-order valence-corrected chi connectivity index (χ4v) is 2.44. The van der Waals surface area contributed by atoms with Crippen molar-refractivity contribution in [2.45, 2.75) is 19.1 Å². The van der Waals surface area contributed by atoms with Crippen molar-refractivity contribution in [3.05, 3.63) is 18.2 Å². The van der Waals surface area contributed by atoms with Crippen LogP contribution in [0.2, 0.25) is 0 Å². The highest BCUT2D eigenvalue weighted by Gasteiger charge is 2.16. The average Bonchev–Trinajstić information content (AvgIpc) is 2.75. The summed E-state index contributed by atoms with van der Waals surface area (Å²) < 4.78 is 33.7. The Hall–Kier alpha value is -1.43. The molecule has 1 N–H and O–H groups in total. The fraction of sp³-hybridized carbons (Fsp3) is 0.500. The van der Waals surface area contributed by atoms with Crippen LogP contribution >= 0.6 is 0 Å². The molecule has 0 saturated carbocycles. The molecule has 2 rings (SSSR count). The van der Waals surface area contributed by atoms with Gasteiger partial charge in [-0.05, 0) is 26.0 Å². The second-order valence-electron chi connectivity index (χ2n) is 4.41. The lowest BCUT2D eigenvalue weighted by Gasteiger charge is -2.10. The van der Waals surface area contributed by atoms with E-state index in [9.17, 15) is 8.42 Å². The summed E-state index contributed by atoms with van der Waals surface area (Å²) in [6, 6.07) is 5.46. The minimum Gasteiger partial charge on any atom is -0.454 e. The van der Waals surface area contributed by atoms with Crippen molar-refractivity contribution in [1.29, 1.82) is 0 Å². The Bertz CT molecular complexity index is 525. The minimum absolute atomic E-state index is 0.124. The molecular weight excluding hydrogens is 254 g/mol. The maximum Gasteiger partial charge on any atom is 0.231 e. The molecule has 0 aliphatic carbocycles. The predicted molar refractivity (Wildman–Crippen MR) is 70.0 cm³/mol. The smallest absolute Gasteiger partial charge is 0.231 e. The van der Waals surface area contributed by atoms with Gasteiger partial charge in [0.15, 0.2) is 21.3 Å². The van der Waals surface area contributed by atoms with Crippen LogP contribution < -0.4 is 14.8 Å². The molecule has 100 valence electrons. The van der Waals surface area contributed by atoms with Crippen molar-refractivity contribution in [2.75, 3.05) is 24.4 Å². The molecule has 1 aromatic carbocycles. The van der Waals surface area contributed by atoms with Crippen LogP contribution in [-0.2, 0) is 9.84 Å². The molecule has 0 spiro atoms. The molecule has 0 radical (unpaired) electrons. The first-order valence-electron chi connectivity index (χ1n) is 5.84. The van der Waals surface area contributed by atoms with Crippen LogP contribution in [0.3, 0.4) is 0 Å². The lowest BCUT2D eigenvalue weighted by Crippen LogP contribution is -2.22. The summed E-state index contributed by atoms with van der Waals surface area (Å²) >= 11 is 0. The Labute approximate surface area is 107 Å². The molecule has 18 heavy (non-hydrogen) atoms. The quantitative estimate of drug-likeness (QED) is 0.882. The second kappa shape index (κ2) is 5.06. The van der Waals surface area contributed by atoms with Crippen molar-refractivity contribution in [3.8, 4) is 11.5 Å². The van der Waals surface area contributed by atoms with Gasteiger partial charge < -0.3 is 14.8 Å². The summed E-state index contributed by atoms with van der Waals surface area (Å²) in [7, 11) is -3.00. The van der Waals surface area contributed by atoms with E-state index in [1.807, 2.05) is 18.2 Å². The van der Waals surface area contributed by atoms with Crippen LogP contribution in [0.4, 0.5) is 5.69 Å². The van der Waals surface area contributed by atoms with Crippen LogP contribution in [-0.4, -0.2) is 32.8 Å². The van der Waals surface area contributed by atoms with E-state index >= 15 is 0 Å². The van der Waals surface area contributed by atoms with E-state index in [4.69, 9.17) is 9.47 Å². The van der Waals surface area contributed by atoms with Crippen LogP contribution in [0, 0.1) is 0 Å². The molecule has 0 saturated heterocycles. The number of fused-ring (bicyclic) bond motifs is 1. The van der Waals surface area contributed by atoms with E-state index in [1.165, 1.54) is 0 Å². The van der Waals surface area contributed by atoms with Gasteiger partial charge in [0.1, 0.15) is 0 Å². The molecule has 0 bridgehead atoms. The van der Waals surface area contributed by atoms with Crippen molar-refractivity contribution in [2.24, 2.45) is 0 Å². The Morgan fingerprint density at radius 1 is 1.28 bits per heavy atom. The van der Waals surface area contributed by atoms with Crippen LogP contribution in [0.1, 0.15) is 13.8 Å². The number of benzene rings is 1. The van der Waals surface area contributed by atoms with E-state index in [2.05, 4.69) is 5.32 Å². The zero-order valence-corrected chi connectivity index (χ0v) is 11.3. The lowest BCUT2D eigenvalue weighted by atomic mass is 10.3. The van der Waals surface area contributed by atoms with Gasteiger partial charge in [-0.15, -0.1) is 0 Å². The van der Waals surface area contributed by atoms with Crippen LogP contribution in [0.25, 0.3) is 0 Å². The lowest BCUT2D eigenvalue weighted by molar-refractivity contribution is 0.174. The predicted octanol–water partition coefficient (Wildman–Crippen LogP) is 1.65. The summed E-state index contributed by atoms with van der Waals surface area (Å²) in [5.41, 5.74) is 0.832. The normalized spacial score (nSPS) is 13.9. The van der Waals surface area contributed by atoms with Crippen molar-refractivity contribution in [3.63, 3.8) is 0 Å². The highest BCUT2D eigenvalue weighted by Crippen LogP contribution is 2.34. The van der Waals surface area contributed by atoms with Gasteiger partial charge in [0.25, 0.3) is 0 Å².